The molecule has 1 atom stereocenters. The van der Waals surface area contributed by atoms with E-state index in [1.165, 1.54) is 25.7 Å². The molecule has 5 heteroatoms. The summed E-state index contributed by atoms with van der Waals surface area (Å²) >= 11 is 0. The molecule has 0 spiro atoms. The highest BCUT2D eigenvalue weighted by molar-refractivity contribution is 5.80. The average Bonchev–Trinajstić information content (AvgIpc) is 2.92. The molecule has 3 aliphatic rings. The van der Waals surface area contributed by atoms with E-state index in [9.17, 15) is 0 Å². The van der Waals surface area contributed by atoms with Gasteiger partial charge in [0.2, 0.25) is 0 Å². The molecule has 20 heavy (non-hydrogen) atoms. The maximum Gasteiger partial charge on any atom is 0.194 e. The van der Waals surface area contributed by atoms with E-state index in [2.05, 4.69) is 22.0 Å². The first-order valence-corrected chi connectivity index (χ1v) is 8.24. The fraction of sp³-hybridized carbons (Fsp3) is 0.933. The van der Waals surface area contributed by atoms with Gasteiger partial charge in [0.15, 0.2) is 5.96 Å². The second kappa shape index (κ2) is 6.76. The van der Waals surface area contributed by atoms with Crippen LogP contribution in [0.3, 0.4) is 0 Å². The van der Waals surface area contributed by atoms with Crippen LogP contribution in [0.1, 0.15) is 32.6 Å². The number of hydrogen-bond donors (Lipinski definition) is 1. The number of nitrogens with zero attached hydrogens (tertiary/aromatic N) is 3. The Hall–Kier alpha value is -0.810. The molecule has 0 radical (unpaired) electrons. The Morgan fingerprint density at radius 2 is 2.00 bits per heavy atom. The van der Waals surface area contributed by atoms with Gasteiger partial charge in [0.25, 0.3) is 0 Å². The lowest BCUT2D eigenvalue weighted by Crippen LogP contribution is -2.49. The maximum absolute atomic E-state index is 5.46. The Bertz CT molecular complexity index is 337. The van der Waals surface area contributed by atoms with Crippen molar-refractivity contribution in [3.8, 4) is 0 Å². The van der Waals surface area contributed by atoms with Crippen molar-refractivity contribution < 1.29 is 4.74 Å². The summed E-state index contributed by atoms with van der Waals surface area (Å²) in [5, 5.41) is 3.65. The van der Waals surface area contributed by atoms with Gasteiger partial charge >= 0.3 is 0 Å². The van der Waals surface area contributed by atoms with Crippen molar-refractivity contribution in [2.24, 2.45) is 4.99 Å². The van der Waals surface area contributed by atoms with E-state index in [1.54, 1.807) is 0 Å². The predicted octanol–water partition coefficient (Wildman–Crippen LogP) is 0.911. The first kappa shape index (κ1) is 14.1. The topological polar surface area (TPSA) is 40.1 Å². The quantitative estimate of drug-likeness (QED) is 0.616. The Kier molecular flexibility index (Phi) is 4.78. The smallest absolute Gasteiger partial charge is 0.194 e. The van der Waals surface area contributed by atoms with Crippen molar-refractivity contribution in [2.75, 3.05) is 45.9 Å². The van der Waals surface area contributed by atoms with Crippen LogP contribution in [0.4, 0.5) is 0 Å². The molecule has 0 bridgehead atoms. The molecule has 1 unspecified atom stereocenters. The first-order valence-electron chi connectivity index (χ1n) is 8.24. The summed E-state index contributed by atoms with van der Waals surface area (Å²) in [6, 6.07) is 1.35. The van der Waals surface area contributed by atoms with E-state index in [1.807, 2.05) is 0 Å². The number of likely N-dealkylation sites (tertiary alicyclic amines) is 1. The molecule has 2 saturated heterocycles. The van der Waals surface area contributed by atoms with Crippen LogP contribution in [-0.2, 0) is 4.74 Å². The monoisotopic (exact) mass is 280 g/mol. The third-order valence-corrected chi connectivity index (χ3v) is 4.77. The van der Waals surface area contributed by atoms with Crippen LogP contribution in [0.2, 0.25) is 0 Å². The fourth-order valence-corrected chi connectivity index (χ4v) is 3.30. The number of morpholine rings is 1. The fourth-order valence-electron chi connectivity index (χ4n) is 3.30. The van der Waals surface area contributed by atoms with E-state index < -0.39 is 0 Å². The molecule has 114 valence electrons. The van der Waals surface area contributed by atoms with Gasteiger partial charge in [-0.25, -0.2) is 0 Å². The van der Waals surface area contributed by atoms with Gasteiger partial charge in [-0.15, -0.1) is 0 Å². The largest absolute Gasteiger partial charge is 0.379 e. The second-order valence-corrected chi connectivity index (χ2v) is 6.11. The van der Waals surface area contributed by atoms with E-state index in [0.29, 0.717) is 12.1 Å². The lowest BCUT2D eigenvalue weighted by molar-refractivity contribution is 0.0194. The molecule has 2 heterocycles. The zero-order chi connectivity index (χ0) is 13.8. The Morgan fingerprint density at radius 1 is 1.20 bits per heavy atom. The molecule has 1 saturated carbocycles. The van der Waals surface area contributed by atoms with Gasteiger partial charge in [0.05, 0.1) is 13.2 Å². The van der Waals surface area contributed by atoms with Crippen LogP contribution >= 0.6 is 0 Å². The van der Waals surface area contributed by atoms with Crippen molar-refractivity contribution >= 4 is 5.96 Å². The van der Waals surface area contributed by atoms with Gasteiger partial charge in [-0.05, 0) is 32.6 Å². The number of hydrogen-bond acceptors (Lipinski definition) is 3. The van der Waals surface area contributed by atoms with Crippen LogP contribution in [0.5, 0.6) is 0 Å². The lowest BCUT2D eigenvalue weighted by Gasteiger charge is -2.34. The third-order valence-electron chi connectivity index (χ3n) is 4.77. The number of guanidine groups is 1. The number of aliphatic imine (C=N–C) groups is 1. The van der Waals surface area contributed by atoms with Crippen LogP contribution in [0, 0.1) is 0 Å². The summed E-state index contributed by atoms with van der Waals surface area (Å²) < 4.78 is 5.46. The molecule has 0 amide bonds. The van der Waals surface area contributed by atoms with Crippen LogP contribution < -0.4 is 5.32 Å². The highest BCUT2D eigenvalue weighted by Crippen LogP contribution is 2.21. The number of ether oxygens (including phenoxy) is 1. The molecular weight excluding hydrogens is 252 g/mol. The second-order valence-electron chi connectivity index (χ2n) is 6.11. The summed E-state index contributed by atoms with van der Waals surface area (Å²) in [7, 11) is 0. The minimum Gasteiger partial charge on any atom is -0.379 e. The van der Waals surface area contributed by atoms with Gasteiger partial charge < -0.3 is 15.0 Å². The van der Waals surface area contributed by atoms with Gasteiger partial charge in [-0.3, -0.25) is 9.89 Å². The van der Waals surface area contributed by atoms with Crippen molar-refractivity contribution in [3.05, 3.63) is 0 Å². The average molecular weight is 280 g/mol. The lowest BCUT2D eigenvalue weighted by atomic mass is 9.93. The zero-order valence-electron chi connectivity index (χ0n) is 12.7. The summed E-state index contributed by atoms with van der Waals surface area (Å²) in [4.78, 5) is 9.75. The van der Waals surface area contributed by atoms with Crippen LogP contribution in [0.15, 0.2) is 4.99 Å². The molecule has 0 aromatic rings. The third kappa shape index (κ3) is 3.26. The molecule has 3 rings (SSSR count). The number of nitrogens with one attached hydrogen (secondary N) is 1. The Balaban J connectivity index is 1.54. The number of rotatable bonds is 3. The van der Waals surface area contributed by atoms with Gasteiger partial charge in [-0.1, -0.05) is 0 Å². The van der Waals surface area contributed by atoms with Crippen LogP contribution in [-0.4, -0.2) is 73.8 Å². The first-order chi connectivity index (χ1) is 9.86. The van der Waals surface area contributed by atoms with Crippen molar-refractivity contribution in [3.63, 3.8) is 0 Å². The van der Waals surface area contributed by atoms with Crippen molar-refractivity contribution in [2.45, 2.75) is 44.7 Å². The summed E-state index contributed by atoms with van der Waals surface area (Å²) in [5.74, 6) is 1.15. The van der Waals surface area contributed by atoms with Crippen molar-refractivity contribution in [1.82, 2.24) is 15.1 Å². The minimum absolute atomic E-state index is 0.669. The van der Waals surface area contributed by atoms with E-state index >= 15 is 0 Å². The molecule has 1 aliphatic carbocycles. The highest BCUT2D eigenvalue weighted by atomic mass is 16.5. The predicted molar refractivity (Wildman–Crippen MR) is 81.1 cm³/mol. The molecule has 3 fully saturated rings. The van der Waals surface area contributed by atoms with Gasteiger partial charge in [-0.2, -0.15) is 0 Å². The maximum atomic E-state index is 5.46. The Morgan fingerprint density at radius 3 is 2.65 bits per heavy atom. The van der Waals surface area contributed by atoms with Crippen LogP contribution in [0.25, 0.3) is 0 Å². The molecular formula is C15H28N4O. The van der Waals surface area contributed by atoms with E-state index in [0.717, 1.165) is 51.9 Å². The molecule has 1 N–H and O–H groups in total. The molecule has 0 aromatic carbocycles. The van der Waals surface area contributed by atoms with Gasteiger partial charge in [0.1, 0.15) is 0 Å². The zero-order valence-corrected chi connectivity index (χ0v) is 12.7. The highest BCUT2D eigenvalue weighted by Gasteiger charge is 2.31. The minimum atomic E-state index is 0.669. The van der Waals surface area contributed by atoms with Crippen molar-refractivity contribution in [1.29, 1.82) is 0 Å². The SMILES string of the molecule is CCN=C(NC1CCC1)N1CCC(N2CCOCC2)C1. The van der Waals surface area contributed by atoms with Gasteiger partial charge in [0, 0.05) is 44.8 Å². The standard InChI is InChI=1S/C15H28N4O/c1-2-16-15(17-13-4-3-5-13)19-7-6-14(12-19)18-8-10-20-11-9-18/h13-14H,2-12H2,1H3,(H,16,17). The molecule has 0 aromatic heterocycles. The summed E-state index contributed by atoms with van der Waals surface area (Å²) in [6.07, 6.45) is 5.25. The summed E-state index contributed by atoms with van der Waals surface area (Å²) in [6.45, 7) is 9.23. The molecule has 2 aliphatic heterocycles. The van der Waals surface area contributed by atoms with E-state index in [-0.39, 0.29) is 0 Å². The molecule has 5 nitrogen and oxygen atoms in total. The Labute approximate surface area is 122 Å². The normalized spacial score (nSPS) is 29.6. The van der Waals surface area contributed by atoms with E-state index in [4.69, 9.17) is 9.73 Å². The summed E-state index contributed by atoms with van der Waals surface area (Å²) in [5.41, 5.74) is 0.